The van der Waals surface area contributed by atoms with Gasteiger partial charge < -0.3 is 23.9 Å². The highest BCUT2D eigenvalue weighted by Gasteiger charge is 2.20. The van der Waals surface area contributed by atoms with E-state index in [1.54, 1.807) is 42.5 Å². The summed E-state index contributed by atoms with van der Waals surface area (Å²) in [6.45, 7) is 0.0219. The van der Waals surface area contributed by atoms with Crippen molar-refractivity contribution in [2.75, 3.05) is 20.8 Å². The van der Waals surface area contributed by atoms with Gasteiger partial charge in [-0.2, -0.15) is 0 Å². The van der Waals surface area contributed by atoms with Gasteiger partial charge in [-0.1, -0.05) is 42.5 Å². The Morgan fingerprint density at radius 1 is 0.909 bits per heavy atom. The van der Waals surface area contributed by atoms with Gasteiger partial charge in [0, 0.05) is 12.1 Å². The molecule has 4 rings (SSSR count). The highest BCUT2D eigenvalue weighted by molar-refractivity contribution is 5.83. The van der Waals surface area contributed by atoms with E-state index in [1.807, 2.05) is 30.3 Å². The number of methoxy groups -OCH3 is 2. The third-order valence-electron chi connectivity index (χ3n) is 5.08. The first-order chi connectivity index (χ1) is 16.1. The molecule has 3 aromatic carbocycles. The van der Waals surface area contributed by atoms with Gasteiger partial charge in [0.05, 0.1) is 19.6 Å². The smallest absolute Gasteiger partial charge is 0.258 e. The number of hydrogen-bond acceptors (Lipinski definition) is 6. The van der Waals surface area contributed by atoms with E-state index in [2.05, 4.69) is 5.32 Å². The third-order valence-corrected chi connectivity index (χ3v) is 5.08. The molecule has 7 heteroatoms. The molecule has 1 aromatic heterocycles. The van der Waals surface area contributed by atoms with Crippen molar-refractivity contribution in [1.82, 2.24) is 5.32 Å². The molecule has 0 saturated heterocycles. The summed E-state index contributed by atoms with van der Waals surface area (Å²) in [5, 5.41) is 3.15. The van der Waals surface area contributed by atoms with E-state index in [-0.39, 0.29) is 29.5 Å². The summed E-state index contributed by atoms with van der Waals surface area (Å²) in [6, 6.07) is 21.5. The van der Waals surface area contributed by atoms with Crippen molar-refractivity contribution in [2.24, 2.45) is 0 Å². The van der Waals surface area contributed by atoms with Crippen LogP contribution in [0.25, 0.3) is 22.3 Å². The summed E-state index contributed by atoms with van der Waals surface area (Å²) in [5.41, 5.74) is 1.56. The lowest BCUT2D eigenvalue weighted by atomic mass is 10.1. The summed E-state index contributed by atoms with van der Waals surface area (Å²) < 4.78 is 22.4. The summed E-state index contributed by atoms with van der Waals surface area (Å²) in [6.07, 6.45) is 0. The lowest BCUT2D eigenvalue weighted by Gasteiger charge is -2.13. The largest absolute Gasteiger partial charge is 0.493 e. The maximum absolute atomic E-state index is 13.2. The summed E-state index contributed by atoms with van der Waals surface area (Å²) in [4.78, 5) is 25.6. The number of ether oxygens (including phenoxy) is 3. The molecule has 0 spiro atoms. The first kappa shape index (κ1) is 22.0. The second kappa shape index (κ2) is 9.91. The number of nitrogens with one attached hydrogen (secondary N) is 1. The van der Waals surface area contributed by atoms with Gasteiger partial charge in [0.1, 0.15) is 5.58 Å². The maximum Gasteiger partial charge on any atom is 0.258 e. The fraction of sp³-hybridized carbons (Fsp3) is 0.154. The van der Waals surface area contributed by atoms with Crippen molar-refractivity contribution in [2.45, 2.75) is 6.54 Å². The molecule has 0 fully saturated rings. The first-order valence-corrected chi connectivity index (χ1v) is 10.3. The third kappa shape index (κ3) is 4.82. The lowest BCUT2D eigenvalue weighted by molar-refractivity contribution is -0.123. The van der Waals surface area contributed by atoms with Crippen LogP contribution in [0, 0.1) is 0 Å². The summed E-state index contributed by atoms with van der Waals surface area (Å²) in [5.74, 6) is 0.806. The second-order valence-electron chi connectivity index (χ2n) is 7.21. The number of fused-ring (bicyclic) bond motifs is 1. The minimum atomic E-state index is -0.363. The average Bonchev–Trinajstić information content (AvgIpc) is 2.87. The Labute approximate surface area is 190 Å². The molecule has 1 N–H and O–H groups in total. The van der Waals surface area contributed by atoms with Crippen LogP contribution in [-0.4, -0.2) is 26.7 Å². The van der Waals surface area contributed by atoms with Crippen molar-refractivity contribution < 1.29 is 23.4 Å². The van der Waals surface area contributed by atoms with Crippen LogP contribution in [0.1, 0.15) is 5.56 Å². The van der Waals surface area contributed by atoms with Gasteiger partial charge in [-0.3, -0.25) is 9.59 Å². The Hall–Kier alpha value is -4.26. The summed E-state index contributed by atoms with van der Waals surface area (Å²) >= 11 is 0. The van der Waals surface area contributed by atoms with Crippen molar-refractivity contribution in [3.8, 4) is 28.6 Å². The fourth-order valence-electron chi connectivity index (χ4n) is 3.41. The van der Waals surface area contributed by atoms with E-state index in [9.17, 15) is 9.59 Å². The lowest BCUT2D eigenvalue weighted by Crippen LogP contribution is -2.29. The van der Waals surface area contributed by atoms with Crippen molar-refractivity contribution in [3.05, 3.63) is 88.6 Å². The van der Waals surface area contributed by atoms with Crippen LogP contribution in [0.15, 0.2) is 82.0 Å². The number of carbonyl (C=O) groups is 1. The zero-order valence-electron chi connectivity index (χ0n) is 18.3. The van der Waals surface area contributed by atoms with E-state index in [4.69, 9.17) is 18.6 Å². The quantitative estimate of drug-likeness (QED) is 0.438. The van der Waals surface area contributed by atoms with E-state index in [0.717, 1.165) is 5.56 Å². The molecule has 33 heavy (non-hydrogen) atoms. The number of carbonyl (C=O) groups excluding carboxylic acids is 1. The molecule has 0 unspecified atom stereocenters. The van der Waals surface area contributed by atoms with Gasteiger partial charge in [-0.05, 0) is 35.9 Å². The normalized spacial score (nSPS) is 10.6. The highest BCUT2D eigenvalue weighted by atomic mass is 16.5. The molecule has 0 aliphatic rings. The molecule has 1 amide bonds. The molecule has 0 bridgehead atoms. The molecule has 0 atom stereocenters. The van der Waals surface area contributed by atoms with Gasteiger partial charge in [0.25, 0.3) is 5.91 Å². The van der Waals surface area contributed by atoms with E-state index < -0.39 is 0 Å². The van der Waals surface area contributed by atoms with Crippen LogP contribution in [0.2, 0.25) is 0 Å². The Kier molecular flexibility index (Phi) is 6.59. The SMILES string of the molecule is COc1ccc(-c2oc3ccccc3c(=O)c2OCC(=O)NCc2ccccc2)cc1OC. The molecule has 1 heterocycles. The van der Waals surface area contributed by atoms with Gasteiger partial charge in [0.2, 0.25) is 11.2 Å². The number of rotatable bonds is 8. The summed E-state index contributed by atoms with van der Waals surface area (Å²) in [7, 11) is 3.06. The molecule has 4 aromatic rings. The van der Waals surface area contributed by atoms with Gasteiger partial charge in [-0.15, -0.1) is 0 Å². The maximum atomic E-state index is 13.2. The van der Waals surface area contributed by atoms with Crippen LogP contribution in [0.3, 0.4) is 0 Å². The van der Waals surface area contributed by atoms with Gasteiger partial charge in [-0.25, -0.2) is 0 Å². The monoisotopic (exact) mass is 445 g/mol. The van der Waals surface area contributed by atoms with Crippen LogP contribution in [-0.2, 0) is 11.3 Å². The highest BCUT2D eigenvalue weighted by Crippen LogP contribution is 2.36. The molecular formula is C26H23NO6. The predicted molar refractivity (Wildman–Crippen MR) is 125 cm³/mol. The topological polar surface area (TPSA) is 87.0 Å². The number of para-hydroxylation sites is 1. The number of amides is 1. The predicted octanol–water partition coefficient (Wildman–Crippen LogP) is 4.17. The van der Waals surface area contributed by atoms with Crippen molar-refractivity contribution in [3.63, 3.8) is 0 Å². The van der Waals surface area contributed by atoms with Crippen LogP contribution in [0.5, 0.6) is 17.2 Å². The molecule has 0 aliphatic heterocycles. The molecule has 0 aliphatic carbocycles. The zero-order valence-corrected chi connectivity index (χ0v) is 18.3. The van der Waals surface area contributed by atoms with Crippen molar-refractivity contribution >= 4 is 16.9 Å². The Balaban J connectivity index is 1.66. The van der Waals surface area contributed by atoms with Crippen LogP contribution in [0.4, 0.5) is 0 Å². The molecule has 0 radical (unpaired) electrons. The van der Waals surface area contributed by atoms with Crippen LogP contribution >= 0.6 is 0 Å². The molecule has 7 nitrogen and oxygen atoms in total. The van der Waals surface area contributed by atoms with Crippen LogP contribution < -0.4 is 25.0 Å². The minimum absolute atomic E-state index is 0.0456. The van der Waals surface area contributed by atoms with E-state index in [1.165, 1.54) is 14.2 Å². The number of benzene rings is 3. The average molecular weight is 445 g/mol. The Bertz CT molecular complexity index is 1330. The number of hydrogen-bond donors (Lipinski definition) is 1. The molecular weight excluding hydrogens is 422 g/mol. The fourth-order valence-corrected chi connectivity index (χ4v) is 3.41. The zero-order chi connectivity index (χ0) is 23.2. The van der Waals surface area contributed by atoms with E-state index in [0.29, 0.717) is 34.6 Å². The first-order valence-electron chi connectivity index (χ1n) is 10.3. The molecule has 0 saturated carbocycles. The van der Waals surface area contributed by atoms with Gasteiger partial charge >= 0.3 is 0 Å². The minimum Gasteiger partial charge on any atom is -0.493 e. The van der Waals surface area contributed by atoms with Crippen molar-refractivity contribution in [1.29, 1.82) is 0 Å². The second-order valence-corrected chi connectivity index (χ2v) is 7.21. The Morgan fingerprint density at radius 2 is 1.64 bits per heavy atom. The molecule has 168 valence electrons. The Morgan fingerprint density at radius 3 is 2.39 bits per heavy atom. The van der Waals surface area contributed by atoms with Gasteiger partial charge in [0.15, 0.2) is 23.9 Å². The van der Waals surface area contributed by atoms with E-state index >= 15 is 0 Å². The standard InChI is InChI=1S/C26H23NO6/c1-30-21-13-12-18(14-22(21)31-2)25-26(24(29)19-10-6-7-11-20(19)33-25)32-16-23(28)27-15-17-8-4-3-5-9-17/h3-14H,15-16H2,1-2H3,(H,27,28).